The summed E-state index contributed by atoms with van der Waals surface area (Å²) in [6.07, 6.45) is 1.07. The highest BCUT2D eigenvalue weighted by Gasteiger charge is 2.21. The van der Waals surface area contributed by atoms with Gasteiger partial charge in [0.1, 0.15) is 0 Å². The van der Waals surface area contributed by atoms with Gasteiger partial charge < -0.3 is 0 Å². The van der Waals surface area contributed by atoms with Crippen LogP contribution in [0.3, 0.4) is 0 Å². The largest absolute Gasteiger partial charge is 0.242 e. The lowest BCUT2D eigenvalue weighted by Crippen LogP contribution is -2.38. The molecule has 0 radical (unpaired) electrons. The lowest BCUT2D eigenvalue weighted by atomic mass is 10.1. The Morgan fingerprint density at radius 3 is 2.00 bits per heavy atom. The quantitative estimate of drug-likeness (QED) is 0.750. The second kappa shape index (κ2) is 5.11. The molecule has 0 aliphatic rings. The molecule has 0 heterocycles. The zero-order chi connectivity index (χ0) is 10.6. The lowest BCUT2D eigenvalue weighted by Gasteiger charge is -2.22. The molecule has 0 rings (SSSR count). The summed E-state index contributed by atoms with van der Waals surface area (Å²) in [7, 11) is -0.934. The van der Waals surface area contributed by atoms with Gasteiger partial charge in [-0.05, 0) is 40.0 Å². The van der Waals surface area contributed by atoms with Crippen molar-refractivity contribution >= 4 is 11.0 Å². The molecule has 13 heavy (non-hydrogen) atoms. The van der Waals surface area contributed by atoms with Crippen molar-refractivity contribution in [1.82, 2.24) is 4.72 Å². The van der Waals surface area contributed by atoms with Crippen LogP contribution in [0.1, 0.15) is 48.0 Å². The van der Waals surface area contributed by atoms with Crippen LogP contribution >= 0.6 is 0 Å². The van der Waals surface area contributed by atoms with Crippen molar-refractivity contribution in [3.05, 3.63) is 0 Å². The van der Waals surface area contributed by atoms with E-state index in [1.807, 2.05) is 20.8 Å². The smallest absolute Gasteiger partial charge is 0.0972 e. The normalized spacial score (nSPS) is 17.5. The summed E-state index contributed by atoms with van der Waals surface area (Å²) >= 11 is 0. The van der Waals surface area contributed by atoms with E-state index in [1.54, 1.807) is 0 Å². The van der Waals surface area contributed by atoms with E-state index in [1.165, 1.54) is 0 Å². The van der Waals surface area contributed by atoms with Gasteiger partial charge in [-0.15, -0.1) is 0 Å². The topological polar surface area (TPSA) is 29.1 Å². The number of hydrogen-bond donors (Lipinski definition) is 1. The fourth-order valence-corrected chi connectivity index (χ4v) is 1.93. The molecule has 0 aromatic rings. The third-order valence-electron chi connectivity index (χ3n) is 1.69. The van der Waals surface area contributed by atoms with Crippen molar-refractivity contribution in [2.75, 3.05) is 0 Å². The van der Waals surface area contributed by atoms with Gasteiger partial charge in [0.2, 0.25) is 0 Å². The summed E-state index contributed by atoms with van der Waals surface area (Å²) in [4.78, 5) is 0. The van der Waals surface area contributed by atoms with Gasteiger partial charge in [-0.1, -0.05) is 13.8 Å². The molecule has 0 saturated carbocycles. The maximum absolute atomic E-state index is 11.7. The molecule has 80 valence electrons. The molecule has 0 amide bonds. The van der Waals surface area contributed by atoms with E-state index < -0.39 is 11.0 Å². The molecule has 0 saturated heterocycles. The summed E-state index contributed by atoms with van der Waals surface area (Å²) < 4.78 is 14.6. The van der Waals surface area contributed by atoms with Crippen molar-refractivity contribution in [3.63, 3.8) is 0 Å². The molecule has 0 aromatic carbocycles. The van der Waals surface area contributed by atoms with Crippen LogP contribution in [0.2, 0.25) is 0 Å². The van der Waals surface area contributed by atoms with Crippen LogP contribution in [0.25, 0.3) is 0 Å². The van der Waals surface area contributed by atoms with Crippen LogP contribution in [0.4, 0.5) is 0 Å². The highest BCUT2D eigenvalue weighted by atomic mass is 32.2. The Morgan fingerprint density at radius 1 is 1.23 bits per heavy atom. The molecule has 0 aromatic heterocycles. The molecule has 0 aliphatic carbocycles. The second-order valence-corrected chi connectivity index (χ2v) is 7.03. The van der Waals surface area contributed by atoms with Gasteiger partial charge >= 0.3 is 0 Å². The van der Waals surface area contributed by atoms with Gasteiger partial charge in [0.05, 0.1) is 15.7 Å². The monoisotopic (exact) mass is 205 g/mol. The van der Waals surface area contributed by atoms with Crippen molar-refractivity contribution in [1.29, 1.82) is 0 Å². The summed E-state index contributed by atoms with van der Waals surface area (Å²) in [6.45, 7) is 12.4. The number of rotatable bonds is 4. The van der Waals surface area contributed by atoms with Crippen molar-refractivity contribution < 1.29 is 4.21 Å². The Morgan fingerprint density at radius 2 is 1.69 bits per heavy atom. The van der Waals surface area contributed by atoms with Gasteiger partial charge in [-0.2, -0.15) is 0 Å². The van der Waals surface area contributed by atoms with Crippen LogP contribution in [-0.4, -0.2) is 15.0 Å². The van der Waals surface area contributed by atoms with E-state index in [0.29, 0.717) is 12.0 Å². The van der Waals surface area contributed by atoms with Crippen LogP contribution in [-0.2, 0) is 11.0 Å². The van der Waals surface area contributed by atoms with Gasteiger partial charge in [-0.25, -0.2) is 8.93 Å². The molecule has 2 atom stereocenters. The van der Waals surface area contributed by atoms with Crippen LogP contribution < -0.4 is 4.72 Å². The average molecular weight is 205 g/mol. The third-order valence-corrected chi connectivity index (χ3v) is 3.42. The van der Waals surface area contributed by atoms with E-state index in [0.717, 1.165) is 6.42 Å². The van der Waals surface area contributed by atoms with Gasteiger partial charge in [-0.3, -0.25) is 0 Å². The van der Waals surface area contributed by atoms with Gasteiger partial charge in [0, 0.05) is 6.04 Å². The Hall–Kier alpha value is 0.110. The highest BCUT2D eigenvalue weighted by molar-refractivity contribution is 7.84. The molecule has 0 spiro atoms. The zero-order valence-corrected chi connectivity index (χ0v) is 10.5. The molecule has 0 bridgehead atoms. The Balaban J connectivity index is 3.93. The predicted octanol–water partition coefficient (Wildman–Crippen LogP) is 2.47. The summed E-state index contributed by atoms with van der Waals surface area (Å²) in [5, 5.41) is 0. The minimum absolute atomic E-state index is 0.161. The second-order valence-electron chi connectivity index (χ2n) is 5.03. The minimum Gasteiger partial charge on any atom is -0.242 e. The maximum Gasteiger partial charge on any atom is 0.0972 e. The van der Waals surface area contributed by atoms with Crippen LogP contribution in [0, 0.1) is 5.92 Å². The molecule has 0 aliphatic heterocycles. The van der Waals surface area contributed by atoms with Gasteiger partial charge in [0.25, 0.3) is 0 Å². The molecular formula is C10H23NOS. The number of nitrogens with one attached hydrogen (secondary N) is 1. The first kappa shape index (κ1) is 13.1. The molecule has 1 unspecified atom stereocenters. The van der Waals surface area contributed by atoms with E-state index >= 15 is 0 Å². The first-order valence-electron chi connectivity index (χ1n) is 4.91. The van der Waals surface area contributed by atoms with Crippen molar-refractivity contribution in [3.8, 4) is 0 Å². The number of hydrogen-bond acceptors (Lipinski definition) is 1. The minimum atomic E-state index is -0.934. The first-order valence-corrected chi connectivity index (χ1v) is 6.06. The fourth-order valence-electron chi connectivity index (χ4n) is 1.11. The van der Waals surface area contributed by atoms with Gasteiger partial charge in [0.15, 0.2) is 0 Å². The summed E-state index contributed by atoms with van der Waals surface area (Å²) in [6, 6.07) is 0.333. The first-order chi connectivity index (χ1) is 5.73. The fraction of sp³-hybridized carbons (Fsp3) is 1.00. The molecule has 0 fully saturated rings. The van der Waals surface area contributed by atoms with Crippen molar-refractivity contribution in [2.24, 2.45) is 5.92 Å². The standard InChI is InChI=1S/C10H23NOS/c1-8(2)7-9(3)11-13(12)10(4,5)6/h8-9,11H,7H2,1-6H3/t9-,13?/m0/s1. The van der Waals surface area contributed by atoms with E-state index in [4.69, 9.17) is 0 Å². The Kier molecular flexibility index (Phi) is 5.15. The molecular weight excluding hydrogens is 182 g/mol. The third kappa shape index (κ3) is 6.22. The van der Waals surface area contributed by atoms with E-state index in [9.17, 15) is 4.21 Å². The highest BCUT2D eigenvalue weighted by Crippen LogP contribution is 2.11. The maximum atomic E-state index is 11.7. The van der Waals surface area contributed by atoms with Crippen molar-refractivity contribution in [2.45, 2.75) is 58.8 Å². The molecule has 2 nitrogen and oxygen atoms in total. The van der Waals surface area contributed by atoms with E-state index in [2.05, 4.69) is 25.5 Å². The van der Waals surface area contributed by atoms with Crippen LogP contribution in [0.15, 0.2) is 0 Å². The predicted molar refractivity (Wildman–Crippen MR) is 59.9 cm³/mol. The summed E-state index contributed by atoms with van der Waals surface area (Å²) in [5.74, 6) is 0.652. The SMILES string of the molecule is CC(C)C[C@H](C)NS(=O)C(C)(C)C. The van der Waals surface area contributed by atoms with Crippen LogP contribution in [0.5, 0.6) is 0 Å². The zero-order valence-electron chi connectivity index (χ0n) is 9.68. The summed E-state index contributed by atoms with van der Waals surface area (Å²) in [5.41, 5.74) is 0. The Bertz CT molecular complexity index is 172. The molecule has 3 heteroatoms. The lowest BCUT2D eigenvalue weighted by molar-refractivity contribution is 0.491. The average Bonchev–Trinajstić information content (AvgIpc) is 1.82. The Labute approximate surface area is 85.1 Å². The molecule has 1 N–H and O–H groups in total. The van der Waals surface area contributed by atoms with E-state index in [-0.39, 0.29) is 4.75 Å².